The fraction of sp³-hybridized carbons (Fsp3) is 0.714. The third kappa shape index (κ3) is 3.96. The van der Waals surface area contributed by atoms with Gasteiger partial charge in [-0.2, -0.15) is 5.10 Å². The minimum Gasteiger partial charge on any atom is -0.354 e. The predicted octanol–water partition coefficient (Wildman–Crippen LogP) is 1.80. The lowest BCUT2D eigenvalue weighted by Gasteiger charge is -2.19. The third-order valence-corrected chi connectivity index (χ3v) is 3.98. The van der Waals surface area contributed by atoms with E-state index in [1.807, 2.05) is 13.2 Å². The number of halogens is 1. The maximum absolute atomic E-state index is 12.3. The molecular weight excluding hydrogens is 276 g/mol. The summed E-state index contributed by atoms with van der Waals surface area (Å²) in [6.45, 7) is 3.01. The number of aromatic nitrogens is 2. The van der Waals surface area contributed by atoms with Crippen molar-refractivity contribution in [2.24, 2.45) is 12.5 Å². The first-order chi connectivity index (χ1) is 9.10. The van der Waals surface area contributed by atoms with Gasteiger partial charge in [-0.1, -0.05) is 13.3 Å². The van der Waals surface area contributed by atoms with Crippen molar-refractivity contribution >= 4 is 18.3 Å². The summed E-state index contributed by atoms with van der Waals surface area (Å²) < 4.78 is 1.71. The molecule has 2 rings (SSSR count). The number of nitrogens with one attached hydrogen (secondary N) is 2. The molecule has 1 aliphatic carbocycles. The molecule has 0 spiro atoms. The van der Waals surface area contributed by atoms with E-state index in [1.54, 1.807) is 17.9 Å². The molecule has 20 heavy (non-hydrogen) atoms. The zero-order valence-corrected chi connectivity index (χ0v) is 13.3. The SMILES string of the molecule is CCCC1(CNC(=O)C(NC)c2cnn(C)c2)CC1.Cl. The van der Waals surface area contributed by atoms with E-state index in [4.69, 9.17) is 0 Å². The van der Waals surface area contributed by atoms with E-state index in [2.05, 4.69) is 22.7 Å². The lowest BCUT2D eigenvalue weighted by atomic mass is 10.0. The number of likely N-dealkylation sites (N-methyl/N-ethyl adjacent to an activating group) is 1. The third-order valence-electron chi connectivity index (χ3n) is 3.98. The van der Waals surface area contributed by atoms with Gasteiger partial charge in [0.2, 0.25) is 5.91 Å². The van der Waals surface area contributed by atoms with E-state index in [0.29, 0.717) is 5.41 Å². The first kappa shape index (κ1) is 17.0. The van der Waals surface area contributed by atoms with E-state index < -0.39 is 0 Å². The predicted molar refractivity (Wildman–Crippen MR) is 81.8 cm³/mol. The largest absolute Gasteiger partial charge is 0.354 e. The van der Waals surface area contributed by atoms with Crippen LogP contribution in [-0.2, 0) is 11.8 Å². The molecule has 1 unspecified atom stereocenters. The molecule has 2 N–H and O–H groups in total. The van der Waals surface area contributed by atoms with Crippen molar-refractivity contribution in [3.63, 3.8) is 0 Å². The molecule has 114 valence electrons. The Morgan fingerprint density at radius 1 is 1.55 bits per heavy atom. The van der Waals surface area contributed by atoms with Gasteiger partial charge < -0.3 is 10.6 Å². The molecule has 1 amide bonds. The van der Waals surface area contributed by atoms with Gasteiger partial charge >= 0.3 is 0 Å². The number of rotatable bonds is 7. The monoisotopic (exact) mass is 300 g/mol. The molecule has 0 saturated heterocycles. The molecule has 0 aliphatic heterocycles. The van der Waals surface area contributed by atoms with Gasteiger partial charge in [-0.15, -0.1) is 12.4 Å². The average molecular weight is 301 g/mol. The Balaban J connectivity index is 0.00000200. The maximum atomic E-state index is 12.3. The summed E-state index contributed by atoms with van der Waals surface area (Å²) in [5, 5.41) is 10.3. The van der Waals surface area contributed by atoms with E-state index in [-0.39, 0.29) is 24.4 Å². The molecule has 1 fully saturated rings. The molecule has 0 aromatic carbocycles. The standard InChI is InChI=1S/C14H24N4O.ClH/c1-4-5-14(6-7-14)10-16-13(19)12(15-2)11-8-17-18(3)9-11;/h8-9,12,15H,4-7,10H2,1-3H3,(H,16,19);1H. The van der Waals surface area contributed by atoms with E-state index in [0.717, 1.165) is 12.1 Å². The zero-order valence-electron chi connectivity index (χ0n) is 12.5. The molecule has 5 nitrogen and oxygen atoms in total. The first-order valence-electron chi connectivity index (χ1n) is 7.04. The Labute approximate surface area is 126 Å². The van der Waals surface area contributed by atoms with Crippen LogP contribution >= 0.6 is 12.4 Å². The van der Waals surface area contributed by atoms with Gasteiger partial charge in [-0.05, 0) is 31.7 Å². The van der Waals surface area contributed by atoms with Crippen LogP contribution in [0.5, 0.6) is 0 Å². The Kier molecular flexibility index (Phi) is 6.02. The first-order valence-corrected chi connectivity index (χ1v) is 7.04. The second-order valence-electron chi connectivity index (χ2n) is 5.64. The highest BCUT2D eigenvalue weighted by Gasteiger charge is 2.41. The van der Waals surface area contributed by atoms with Crippen molar-refractivity contribution < 1.29 is 4.79 Å². The van der Waals surface area contributed by atoms with Crippen LogP contribution in [0.15, 0.2) is 12.4 Å². The van der Waals surface area contributed by atoms with E-state index in [1.165, 1.54) is 25.7 Å². The summed E-state index contributed by atoms with van der Waals surface area (Å²) in [5.74, 6) is 0.0397. The van der Waals surface area contributed by atoms with Crippen LogP contribution in [-0.4, -0.2) is 29.3 Å². The number of amides is 1. The molecule has 1 saturated carbocycles. The van der Waals surface area contributed by atoms with Crippen LogP contribution < -0.4 is 10.6 Å². The van der Waals surface area contributed by atoms with Crippen molar-refractivity contribution in [3.05, 3.63) is 18.0 Å². The molecule has 1 aliphatic rings. The number of hydrogen-bond acceptors (Lipinski definition) is 3. The number of aryl methyl sites for hydroxylation is 1. The van der Waals surface area contributed by atoms with Crippen LogP contribution in [0.3, 0.4) is 0 Å². The number of carbonyl (C=O) groups is 1. The van der Waals surface area contributed by atoms with Gasteiger partial charge in [0, 0.05) is 25.4 Å². The molecule has 0 radical (unpaired) electrons. The summed E-state index contributed by atoms with van der Waals surface area (Å²) in [7, 11) is 3.66. The smallest absolute Gasteiger partial charge is 0.241 e. The highest BCUT2D eigenvalue weighted by Crippen LogP contribution is 2.48. The molecular formula is C14H25ClN4O. The van der Waals surface area contributed by atoms with Crippen LogP contribution in [0.4, 0.5) is 0 Å². The molecule has 6 heteroatoms. The van der Waals surface area contributed by atoms with Crippen LogP contribution in [0.25, 0.3) is 0 Å². The summed E-state index contributed by atoms with van der Waals surface area (Å²) in [6, 6.07) is -0.314. The fourth-order valence-corrected chi connectivity index (χ4v) is 2.64. The summed E-state index contributed by atoms with van der Waals surface area (Å²) in [4.78, 5) is 12.3. The molecule has 1 aromatic rings. The van der Waals surface area contributed by atoms with Crippen molar-refractivity contribution in [3.8, 4) is 0 Å². The van der Waals surface area contributed by atoms with Gasteiger partial charge in [0.1, 0.15) is 6.04 Å². The highest BCUT2D eigenvalue weighted by molar-refractivity contribution is 5.85. The minimum atomic E-state index is -0.314. The van der Waals surface area contributed by atoms with Crippen LogP contribution in [0, 0.1) is 5.41 Å². The quantitative estimate of drug-likeness (QED) is 0.807. The summed E-state index contributed by atoms with van der Waals surface area (Å²) in [5.41, 5.74) is 1.29. The van der Waals surface area contributed by atoms with E-state index >= 15 is 0 Å². The lowest BCUT2D eigenvalue weighted by molar-refractivity contribution is -0.123. The highest BCUT2D eigenvalue weighted by atomic mass is 35.5. The lowest BCUT2D eigenvalue weighted by Crippen LogP contribution is -2.38. The zero-order chi connectivity index (χ0) is 13.9. The Morgan fingerprint density at radius 3 is 2.70 bits per heavy atom. The van der Waals surface area contributed by atoms with Gasteiger partial charge in [0.25, 0.3) is 0 Å². The minimum absolute atomic E-state index is 0. The topological polar surface area (TPSA) is 59.0 Å². The second kappa shape index (κ2) is 7.09. The van der Waals surface area contributed by atoms with Crippen molar-refractivity contribution in [1.82, 2.24) is 20.4 Å². The second-order valence-corrected chi connectivity index (χ2v) is 5.64. The Hall–Kier alpha value is -1.07. The van der Waals surface area contributed by atoms with Gasteiger partial charge in [-0.25, -0.2) is 0 Å². The Morgan fingerprint density at radius 2 is 2.25 bits per heavy atom. The normalized spacial score (nSPS) is 17.1. The maximum Gasteiger partial charge on any atom is 0.241 e. The summed E-state index contributed by atoms with van der Waals surface area (Å²) in [6.07, 6.45) is 8.51. The Bertz CT molecular complexity index is 442. The molecule has 1 aromatic heterocycles. The van der Waals surface area contributed by atoms with Gasteiger partial charge in [0.05, 0.1) is 6.20 Å². The number of hydrogen-bond donors (Lipinski definition) is 2. The van der Waals surface area contributed by atoms with Crippen molar-refractivity contribution in [2.45, 2.75) is 38.6 Å². The molecule has 1 heterocycles. The number of carbonyl (C=O) groups excluding carboxylic acids is 1. The van der Waals surface area contributed by atoms with E-state index in [9.17, 15) is 4.79 Å². The van der Waals surface area contributed by atoms with Crippen molar-refractivity contribution in [2.75, 3.05) is 13.6 Å². The van der Waals surface area contributed by atoms with Crippen LogP contribution in [0.2, 0.25) is 0 Å². The molecule has 1 atom stereocenters. The van der Waals surface area contributed by atoms with Crippen LogP contribution in [0.1, 0.15) is 44.2 Å². The number of nitrogens with zero attached hydrogens (tertiary/aromatic N) is 2. The molecule has 0 bridgehead atoms. The fourth-order valence-electron chi connectivity index (χ4n) is 2.64. The summed E-state index contributed by atoms with van der Waals surface area (Å²) >= 11 is 0. The van der Waals surface area contributed by atoms with Crippen molar-refractivity contribution in [1.29, 1.82) is 0 Å². The average Bonchev–Trinajstić information content (AvgIpc) is 3.03. The van der Waals surface area contributed by atoms with Gasteiger partial charge in [-0.3, -0.25) is 9.48 Å². The van der Waals surface area contributed by atoms with Gasteiger partial charge in [0.15, 0.2) is 0 Å².